The van der Waals surface area contributed by atoms with Crippen molar-refractivity contribution in [3.8, 4) is 11.8 Å². The summed E-state index contributed by atoms with van der Waals surface area (Å²) in [5, 5.41) is 10.9. The summed E-state index contributed by atoms with van der Waals surface area (Å²) >= 11 is 1.76. The molecule has 2 rings (SSSR count). The van der Waals surface area contributed by atoms with Gasteiger partial charge in [-0.1, -0.05) is 11.8 Å². The third kappa shape index (κ3) is 4.32. The molecule has 3 nitrogen and oxygen atoms in total. The van der Waals surface area contributed by atoms with E-state index in [1.165, 1.54) is 4.88 Å². The number of rotatable bonds is 3. The molecule has 1 aliphatic heterocycles. The normalized spacial score (nSPS) is 23.9. The third-order valence-electron chi connectivity index (χ3n) is 3.07. The minimum atomic E-state index is 0.130. The Kier molecular flexibility index (Phi) is 5.41. The van der Waals surface area contributed by atoms with Crippen LogP contribution < -0.4 is 0 Å². The van der Waals surface area contributed by atoms with Gasteiger partial charge >= 0.3 is 0 Å². The van der Waals surface area contributed by atoms with Gasteiger partial charge in [-0.05, 0) is 25.3 Å². The first-order valence-electron chi connectivity index (χ1n) is 6.73. The standard InChI is InChI=1S/C15H21NO2S/c1-12-9-16(10-13(2)18-12)11-15-14(6-8-19-15)5-3-4-7-17/h6,8,12-13,17H,4,7,9-11H2,1-2H3. The molecule has 0 aliphatic carbocycles. The summed E-state index contributed by atoms with van der Waals surface area (Å²) in [5.41, 5.74) is 1.10. The van der Waals surface area contributed by atoms with Gasteiger partial charge in [-0.3, -0.25) is 4.90 Å². The highest BCUT2D eigenvalue weighted by molar-refractivity contribution is 7.10. The van der Waals surface area contributed by atoms with Gasteiger partial charge in [-0.2, -0.15) is 0 Å². The zero-order valence-electron chi connectivity index (χ0n) is 11.6. The number of aliphatic hydroxyl groups excluding tert-OH is 1. The smallest absolute Gasteiger partial charge is 0.0678 e. The van der Waals surface area contributed by atoms with Crippen LogP contribution >= 0.6 is 11.3 Å². The minimum absolute atomic E-state index is 0.130. The van der Waals surface area contributed by atoms with E-state index in [2.05, 4.69) is 42.0 Å². The molecule has 2 atom stereocenters. The molecule has 0 saturated carbocycles. The fourth-order valence-corrected chi connectivity index (χ4v) is 3.28. The molecule has 2 unspecified atom stereocenters. The van der Waals surface area contributed by atoms with E-state index in [1.54, 1.807) is 11.3 Å². The highest BCUT2D eigenvalue weighted by atomic mass is 32.1. The molecule has 1 aromatic heterocycles. The van der Waals surface area contributed by atoms with Crippen LogP contribution in [0.25, 0.3) is 0 Å². The monoisotopic (exact) mass is 279 g/mol. The Labute approximate surface area is 119 Å². The highest BCUT2D eigenvalue weighted by Crippen LogP contribution is 2.20. The molecule has 0 amide bonds. The predicted molar refractivity (Wildman–Crippen MR) is 78.2 cm³/mol. The van der Waals surface area contributed by atoms with Gasteiger partial charge in [-0.15, -0.1) is 11.3 Å². The van der Waals surface area contributed by atoms with Crippen molar-refractivity contribution in [1.29, 1.82) is 0 Å². The number of aliphatic hydroxyl groups is 1. The van der Waals surface area contributed by atoms with Gasteiger partial charge in [0.15, 0.2) is 0 Å². The Morgan fingerprint density at radius 2 is 2.16 bits per heavy atom. The molecule has 1 aliphatic rings. The number of nitrogens with zero attached hydrogens (tertiary/aromatic N) is 1. The summed E-state index contributed by atoms with van der Waals surface area (Å²) in [6.45, 7) is 7.28. The summed E-state index contributed by atoms with van der Waals surface area (Å²) in [6.07, 6.45) is 1.14. The van der Waals surface area contributed by atoms with Crippen molar-refractivity contribution in [3.05, 3.63) is 21.9 Å². The van der Waals surface area contributed by atoms with Gasteiger partial charge in [0.1, 0.15) is 0 Å². The lowest BCUT2D eigenvalue weighted by Gasteiger charge is -2.35. The molecule has 0 bridgehead atoms. The van der Waals surface area contributed by atoms with Crippen LogP contribution in [0.15, 0.2) is 11.4 Å². The van der Waals surface area contributed by atoms with Crippen molar-refractivity contribution in [2.24, 2.45) is 0 Å². The maximum absolute atomic E-state index is 8.76. The molecule has 0 radical (unpaired) electrons. The molecule has 2 heterocycles. The van der Waals surface area contributed by atoms with Crippen LogP contribution in [0.1, 0.15) is 30.7 Å². The maximum Gasteiger partial charge on any atom is 0.0678 e. The van der Waals surface area contributed by atoms with Crippen LogP contribution in [0, 0.1) is 11.8 Å². The van der Waals surface area contributed by atoms with Crippen LogP contribution in [0.3, 0.4) is 0 Å². The van der Waals surface area contributed by atoms with Crippen LogP contribution in [0.4, 0.5) is 0 Å². The molecule has 0 spiro atoms. The summed E-state index contributed by atoms with van der Waals surface area (Å²) in [4.78, 5) is 3.74. The fraction of sp³-hybridized carbons (Fsp3) is 0.600. The van der Waals surface area contributed by atoms with Crippen LogP contribution in [-0.4, -0.2) is 41.9 Å². The summed E-state index contributed by atoms with van der Waals surface area (Å²) in [5.74, 6) is 6.14. The van der Waals surface area contributed by atoms with Crippen LogP contribution in [0.2, 0.25) is 0 Å². The largest absolute Gasteiger partial charge is 0.395 e. The second kappa shape index (κ2) is 7.06. The van der Waals surface area contributed by atoms with E-state index in [-0.39, 0.29) is 6.61 Å². The van der Waals surface area contributed by atoms with Crippen LogP contribution in [0.5, 0.6) is 0 Å². The molecule has 0 aromatic carbocycles. The number of ether oxygens (including phenoxy) is 1. The number of thiophene rings is 1. The molecule has 4 heteroatoms. The Morgan fingerprint density at radius 3 is 2.84 bits per heavy atom. The van der Waals surface area contributed by atoms with E-state index in [1.807, 2.05) is 0 Å². The first-order valence-corrected chi connectivity index (χ1v) is 7.61. The zero-order chi connectivity index (χ0) is 13.7. The average Bonchev–Trinajstić information content (AvgIpc) is 2.76. The van der Waals surface area contributed by atoms with Crippen molar-refractivity contribution in [2.45, 2.75) is 39.0 Å². The van der Waals surface area contributed by atoms with Crippen molar-refractivity contribution in [1.82, 2.24) is 4.90 Å². The molecular formula is C15H21NO2S. The first kappa shape index (κ1) is 14.5. The van der Waals surface area contributed by atoms with Gasteiger partial charge in [0.05, 0.1) is 18.8 Å². The molecule has 1 aromatic rings. The topological polar surface area (TPSA) is 32.7 Å². The lowest BCUT2D eigenvalue weighted by Crippen LogP contribution is -2.44. The van der Waals surface area contributed by atoms with Crippen molar-refractivity contribution in [3.63, 3.8) is 0 Å². The molecular weight excluding hydrogens is 258 g/mol. The predicted octanol–water partition coefficient (Wildman–Crippen LogP) is 2.09. The molecule has 104 valence electrons. The summed E-state index contributed by atoms with van der Waals surface area (Å²) in [6, 6.07) is 2.07. The van der Waals surface area contributed by atoms with E-state index in [4.69, 9.17) is 9.84 Å². The fourth-order valence-electron chi connectivity index (χ4n) is 2.40. The van der Waals surface area contributed by atoms with E-state index in [9.17, 15) is 0 Å². The van der Waals surface area contributed by atoms with E-state index >= 15 is 0 Å². The summed E-state index contributed by atoms with van der Waals surface area (Å²) < 4.78 is 5.75. The maximum atomic E-state index is 8.76. The summed E-state index contributed by atoms with van der Waals surface area (Å²) in [7, 11) is 0. The lowest BCUT2D eigenvalue weighted by molar-refractivity contribution is -0.0702. The molecule has 1 saturated heterocycles. The molecule has 1 N–H and O–H groups in total. The Morgan fingerprint density at radius 1 is 1.42 bits per heavy atom. The minimum Gasteiger partial charge on any atom is -0.395 e. The Hall–Kier alpha value is -0.860. The SMILES string of the molecule is CC1CN(Cc2sccc2C#CCCO)CC(C)O1. The van der Waals surface area contributed by atoms with Crippen molar-refractivity contribution in [2.75, 3.05) is 19.7 Å². The van der Waals surface area contributed by atoms with Crippen LogP contribution in [-0.2, 0) is 11.3 Å². The number of morpholine rings is 1. The second-order valence-corrected chi connectivity index (χ2v) is 5.98. The highest BCUT2D eigenvalue weighted by Gasteiger charge is 2.22. The van der Waals surface area contributed by atoms with Gasteiger partial charge in [0, 0.05) is 36.5 Å². The Balaban J connectivity index is 1.99. The second-order valence-electron chi connectivity index (χ2n) is 4.98. The Bertz CT molecular complexity index is 450. The van der Waals surface area contributed by atoms with Gasteiger partial charge in [0.2, 0.25) is 0 Å². The van der Waals surface area contributed by atoms with E-state index < -0.39 is 0 Å². The average molecular weight is 279 g/mol. The number of hydrogen-bond donors (Lipinski definition) is 1. The molecule has 19 heavy (non-hydrogen) atoms. The van der Waals surface area contributed by atoms with E-state index in [0.29, 0.717) is 18.6 Å². The van der Waals surface area contributed by atoms with Gasteiger partial charge in [0.25, 0.3) is 0 Å². The van der Waals surface area contributed by atoms with Crippen molar-refractivity contribution < 1.29 is 9.84 Å². The van der Waals surface area contributed by atoms with Crippen molar-refractivity contribution >= 4 is 11.3 Å². The van der Waals surface area contributed by atoms with E-state index in [0.717, 1.165) is 25.2 Å². The quantitative estimate of drug-likeness (QED) is 0.860. The lowest BCUT2D eigenvalue weighted by atomic mass is 10.2. The molecule has 1 fully saturated rings. The first-order chi connectivity index (χ1) is 9.19. The third-order valence-corrected chi connectivity index (χ3v) is 3.97. The van der Waals surface area contributed by atoms with Gasteiger partial charge in [-0.25, -0.2) is 0 Å². The van der Waals surface area contributed by atoms with Gasteiger partial charge < -0.3 is 9.84 Å². The zero-order valence-corrected chi connectivity index (χ0v) is 12.4. The number of hydrogen-bond acceptors (Lipinski definition) is 4.